The van der Waals surface area contributed by atoms with Crippen LogP contribution in [0.2, 0.25) is 0 Å². The summed E-state index contributed by atoms with van der Waals surface area (Å²) in [6.07, 6.45) is 4.56. The molecule has 5 rings (SSSR count). The Morgan fingerprint density at radius 3 is 2.62 bits per heavy atom. The summed E-state index contributed by atoms with van der Waals surface area (Å²) in [6.45, 7) is 2.32. The van der Waals surface area contributed by atoms with Gasteiger partial charge < -0.3 is 29.4 Å². The van der Waals surface area contributed by atoms with Gasteiger partial charge in [-0.05, 0) is 50.5 Å². The van der Waals surface area contributed by atoms with Gasteiger partial charge in [0.1, 0.15) is 35.2 Å². The highest BCUT2D eigenvalue weighted by Gasteiger charge is 2.14. The zero-order chi connectivity index (χ0) is 29.6. The average molecular weight is 570 g/mol. The first-order chi connectivity index (χ1) is 20.3. The lowest BCUT2D eigenvalue weighted by Gasteiger charge is -2.14. The van der Waals surface area contributed by atoms with E-state index < -0.39 is 5.82 Å². The molecule has 0 aliphatic rings. The van der Waals surface area contributed by atoms with Crippen LogP contribution in [0.5, 0.6) is 17.2 Å². The van der Waals surface area contributed by atoms with Crippen LogP contribution in [0.15, 0.2) is 77.5 Å². The number of carbonyl (C=O) groups excluding carboxylic acids is 1. The van der Waals surface area contributed by atoms with Gasteiger partial charge >= 0.3 is 0 Å². The van der Waals surface area contributed by atoms with Crippen molar-refractivity contribution in [2.45, 2.75) is 6.92 Å². The van der Waals surface area contributed by atoms with Crippen molar-refractivity contribution in [2.24, 2.45) is 0 Å². The fourth-order valence-electron chi connectivity index (χ4n) is 4.03. The first-order valence-electron chi connectivity index (χ1n) is 12.9. The molecule has 11 nitrogen and oxygen atoms in total. The van der Waals surface area contributed by atoms with Crippen molar-refractivity contribution in [1.82, 2.24) is 25.1 Å². The normalized spacial score (nSPS) is 11.3. The number of amides is 1. The van der Waals surface area contributed by atoms with Crippen molar-refractivity contribution in [2.75, 3.05) is 38.4 Å². The molecule has 0 spiro atoms. The molecule has 0 bridgehead atoms. The second-order valence-corrected chi connectivity index (χ2v) is 9.47. The van der Waals surface area contributed by atoms with E-state index in [1.54, 1.807) is 55.5 Å². The molecule has 0 unspecified atom stereocenters. The third-order valence-electron chi connectivity index (χ3n) is 5.99. The number of nitrogens with one attached hydrogen (secondary N) is 2. The van der Waals surface area contributed by atoms with E-state index in [4.69, 9.17) is 13.9 Å². The van der Waals surface area contributed by atoms with Crippen LogP contribution in [0.4, 0.5) is 21.6 Å². The number of ether oxygens (including phenoxy) is 2. The molecule has 0 saturated heterocycles. The van der Waals surface area contributed by atoms with Crippen LogP contribution in [0.1, 0.15) is 5.89 Å². The van der Waals surface area contributed by atoms with Crippen LogP contribution in [0.25, 0.3) is 22.4 Å². The molecule has 1 amide bonds. The Kier molecular flexibility index (Phi) is 8.34. The molecule has 0 aliphatic carbocycles. The number of hydrogen-bond acceptors (Lipinski definition) is 10. The van der Waals surface area contributed by atoms with Crippen molar-refractivity contribution >= 4 is 34.0 Å². The van der Waals surface area contributed by atoms with Crippen molar-refractivity contribution in [3.05, 3.63) is 84.8 Å². The minimum absolute atomic E-state index is 0.172. The number of aromatic nitrogens is 4. The molecule has 214 valence electrons. The highest BCUT2D eigenvalue weighted by atomic mass is 19.1. The minimum Gasteiger partial charge on any atom is -0.494 e. The van der Waals surface area contributed by atoms with Gasteiger partial charge in [0.05, 0.1) is 24.0 Å². The molecular weight excluding hydrogens is 541 g/mol. The minimum atomic E-state index is -0.559. The molecule has 0 atom stereocenters. The number of methoxy groups -OCH3 is 1. The van der Waals surface area contributed by atoms with Gasteiger partial charge in [-0.2, -0.15) is 0 Å². The lowest BCUT2D eigenvalue weighted by molar-refractivity contribution is -0.111. The Morgan fingerprint density at radius 1 is 1.05 bits per heavy atom. The Bertz CT molecular complexity index is 1770. The summed E-state index contributed by atoms with van der Waals surface area (Å²) in [5.41, 5.74) is 1.82. The monoisotopic (exact) mass is 569 g/mol. The molecule has 2 N–H and O–H groups in total. The second-order valence-electron chi connectivity index (χ2n) is 9.47. The van der Waals surface area contributed by atoms with E-state index in [0.29, 0.717) is 63.5 Å². The number of halogens is 1. The third-order valence-corrected chi connectivity index (χ3v) is 5.99. The third kappa shape index (κ3) is 6.67. The van der Waals surface area contributed by atoms with Gasteiger partial charge in [-0.1, -0.05) is 12.1 Å². The number of likely N-dealkylation sites (N-methyl/N-ethyl adjacent to an activating group) is 1. The van der Waals surface area contributed by atoms with E-state index in [1.807, 2.05) is 25.1 Å². The predicted octanol–water partition coefficient (Wildman–Crippen LogP) is 5.73. The Hall–Kier alpha value is -5.36. The lowest BCUT2D eigenvalue weighted by Crippen LogP contribution is -2.13. The summed E-state index contributed by atoms with van der Waals surface area (Å²) in [7, 11) is 5.32. The molecular formula is C30H28FN7O4. The number of fused-ring (bicyclic) bond motifs is 1. The SMILES string of the molecule is COc1cc2ncnc(Nc3ccc(Oc4cccc(-c5nnc(C)o5)c4)cc3F)c2cc1NC(=O)/C=C/CN(C)C. The van der Waals surface area contributed by atoms with E-state index in [9.17, 15) is 4.79 Å². The first-order valence-corrected chi connectivity index (χ1v) is 12.9. The van der Waals surface area contributed by atoms with Gasteiger partial charge in [0.25, 0.3) is 0 Å². The zero-order valence-electron chi connectivity index (χ0n) is 23.4. The van der Waals surface area contributed by atoms with E-state index in [-0.39, 0.29) is 11.6 Å². The maximum Gasteiger partial charge on any atom is 0.248 e. The Balaban J connectivity index is 1.36. The molecule has 0 aliphatic heterocycles. The van der Waals surface area contributed by atoms with Crippen molar-refractivity contribution < 1.29 is 23.1 Å². The largest absolute Gasteiger partial charge is 0.494 e. The summed E-state index contributed by atoms with van der Waals surface area (Å²) < 4.78 is 32.0. The highest BCUT2D eigenvalue weighted by molar-refractivity contribution is 6.03. The van der Waals surface area contributed by atoms with Crippen molar-refractivity contribution in [3.8, 4) is 28.7 Å². The fraction of sp³-hybridized carbons (Fsp3) is 0.167. The topological polar surface area (TPSA) is 128 Å². The van der Waals surface area contributed by atoms with Gasteiger partial charge in [-0.15, -0.1) is 10.2 Å². The van der Waals surface area contributed by atoms with E-state index >= 15 is 4.39 Å². The number of nitrogens with zero attached hydrogens (tertiary/aromatic N) is 5. The van der Waals surface area contributed by atoms with Gasteiger partial charge in [-0.3, -0.25) is 4.79 Å². The molecule has 3 aromatic carbocycles. The summed E-state index contributed by atoms with van der Waals surface area (Å²) in [5.74, 6) is 1.47. The number of carbonyl (C=O) groups is 1. The maximum absolute atomic E-state index is 15.2. The van der Waals surface area contributed by atoms with Gasteiger partial charge in [0, 0.05) is 42.6 Å². The van der Waals surface area contributed by atoms with Gasteiger partial charge in [0.2, 0.25) is 17.7 Å². The molecule has 42 heavy (non-hydrogen) atoms. The van der Waals surface area contributed by atoms with Crippen LogP contribution < -0.4 is 20.1 Å². The molecule has 5 aromatic rings. The first kappa shape index (κ1) is 28.2. The fourth-order valence-corrected chi connectivity index (χ4v) is 4.03. The van der Waals surface area contributed by atoms with Crippen LogP contribution >= 0.6 is 0 Å². The second kappa shape index (κ2) is 12.4. The number of hydrogen-bond donors (Lipinski definition) is 2. The highest BCUT2D eigenvalue weighted by Crippen LogP contribution is 2.34. The van der Waals surface area contributed by atoms with E-state index in [2.05, 4.69) is 30.8 Å². The number of aryl methyl sites for hydroxylation is 1. The van der Waals surface area contributed by atoms with Crippen molar-refractivity contribution in [3.63, 3.8) is 0 Å². The number of anilines is 3. The molecule has 0 fully saturated rings. The quantitative estimate of drug-likeness (QED) is 0.201. The maximum atomic E-state index is 15.2. The summed E-state index contributed by atoms with van der Waals surface area (Å²) in [5, 5.41) is 14.3. The Labute approximate surface area is 241 Å². The lowest BCUT2D eigenvalue weighted by atomic mass is 10.1. The van der Waals surface area contributed by atoms with Crippen LogP contribution in [-0.4, -0.2) is 58.7 Å². The number of rotatable bonds is 10. The molecule has 0 saturated carbocycles. The van der Waals surface area contributed by atoms with Crippen LogP contribution in [0.3, 0.4) is 0 Å². The summed E-state index contributed by atoms with van der Waals surface area (Å²) in [6, 6.07) is 14.9. The predicted molar refractivity (Wildman–Crippen MR) is 157 cm³/mol. The molecule has 2 aromatic heterocycles. The van der Waals surface area contributed by atoms with Gasteiger partial charge in [-0.25, -0.2) is 14.4 Å². The van der Waals surface area contributed by atoms with E-state index in [0.717, 1.165) is 0 Å². The molecule has 0 radical (unpaired) electrons. The number of benzene rings is 3. The van der Waals surface area contributed by atoms with Crippen LogP contribution in [0, 0.1) is 12.7 Å². The zero-order valence-corrected chi connectivity index (χ0v) is 23.4. The van der Waals surface area contributed by atoms with Crippen LogP contribution in [-0.2, 0) is 4.79 Å². The summed E-state index contributed by atoms with van der Waals surface area (Å²) in [4.78, 5) is 23.0. The smallest absolute Gasteiger partial charge is 0.248 e. The van der Waals surface area contributed by atoms with Gasteiger partial charge in [0.15, 0.2) is 0 Å². The summed E-state index contributed by atoms with van der Waals surface area (Å²) >= 11 is 0. The molecule has 2 heterocycles. The average Bonchev–Trinajstić information content (AvgIpc) is 3.40. The Morgan fingerprint density at radius 2 is 1.88 bits per heavy atom. The van der Waals surface area contributed by atoms with E-state index in [1.165, 1.54) is 25.6 Å². The van der Waals surface area contributed by atoms with Crippen molar-refractivity contribution in [1.29, 1.82) is 0 Å². The molecule has 12 heteroatoms. The standard InChI is InChI=1S/C30H28FN7O4/c1-18-36-37-30(41-18)19-7-5-8-20(13-19)42-21-10-11-24(23(31)14-21)35-29-22-15-26(34-28(39)9-6-12-38(2)3)27(40-4)16-25(22)32-17-33-29/h5-11,13-17H,12H2,1-4H3,(H,34,39)(H,32,33,35)/b9-6+.